The van der Waals surface area contributed by atoms with Crippen LogP contribution in [0.5, 0.6) is 0 Å². The van der Waals surface area contributed by atoms with Gasteiger partial charge in [0.15, 0.2) is 9.84 Å². The number of hydrogen-bond acceptors (Lipinski definition) is 5. The van der Waals surface area contributed by atoms with Gasteiger partial charge in [-0.05, 0) is 55.2 Å². The lowest BCUT2D eigenvalue weighted by Crippen LogP contribution is -2.48. The second-order valence-electron chi connectivity index (χ2n) is 7.67. The molecule has 29 heavy (non-hydrogen) atoms. The highest BCUT2D eigenvalue weighted by Crippen LogP contribution is 2.30. The van der Waals surface area contributed by atoms with E-state index < -0.39 is 9.84 Å². The van der Waals surface area contributed by atoms with Gasteiger partial charge >= 0.3 is 6.03 Å². The molecule has 0 aliphatic carbocycles. The molecule has 1 aromatic heterocycles. The highest BCUT2D eigenvalue weighted by Gasteiger charge is 2.28. The van der Waals surface area contributed by atoms with Crippen LogP contribution in [0.4, 0.5) is 10.5 Å². The molecule has 2 aliphatic rings. The number of likely N-dealkylation sites (tertiary alicyclic amines) is 1. The topological polar surface area (TPSA) is 69.7 Å². The van der Waals surface area contributed by atoms with Crippen molar-refractivity contribution in [3.63, 3.8) is 0 Å². The van der Waals surface area contributed by atoms with Crippen LogP contribution >= 0.6 is 22.9 Å². The van der Waals surface area contributed by atoms with E-state index >= 15 is 0 Å². The number of halogens is 1. The molecule has 1 saturated heterocycles. The number of anilines is 1. The molecule has 6 nitrogen and oxygen atoms in total. The van der Waals surface area contributed by atoms with Crippen LogP contribution < -0.4 is 10.2 Å². The Kier molecular flexibility index (Phi) is 5.88. The van der Waals surface area contributed by atoms with E-state index in [-0.39, 0.29) is 12.1 Å². The summed E-state index contributed by atoms with van der Waals surface area (Å²) in [5.74, 6) is 0. The summed E-state index contributed by atoms with van der Waals surface area (Å²) in [6.45, 7) is 3.36. The molecule has 0 atom stereocenters. The molecular weight excluding hydrogens is 430 g/mol. The monoisotopic (exact) mass is 453 g/mol. The number of hydrogen-bond donors (Lipinski definition) is 1. The highest BCUT2D eigenvalue weighted by atomic mass is 35.5. The Morgan fingerprint density at radius 3 is 2.62 bits per heavy atom. The SMILES string of the molecule is CS(=O)(=O)c1ccc2c(c1)CCN2C(=O)NC1CCN(Cc2ccc(Cl)s2)CC1. The highest BCUT2D eigenvalue weighted by molar-refractivity contribution is 7.90. The van der Waals surface area contributed by atoms with Crippen LogP contribution in [-0.4, -0.2) is 51.3 Å². The average molecular weight is 454 g/mol. The van der Waals surface area contributed by atoms with E-state index in [1.165, 1.54) is 11.1 Å². The zero-order chi connectivity index (χ0) is 20.6. The van der Waals surface area contributed by atoms with Gasteiger partial charge in [-0.1, -0.05) is 11.6 Å². The molecule has 1 N–H and O–H groups in total. The van der Waals surface area contributed by atoms with Gasteiger partial charge in [0.05, 0.1) is 9.23 Å². The maximum atomic E-state index is 12.8. The lowest BCUT2D eigenvalue weighted by Gasteiger charge is -2.33. The summed E-state index contributed by atoms with van der Waals surface area (Å²) in [6.07, 6.45) is 3.71. The Labute approximate surface area is 180 Å². The maximum Gasteiger partial charge on any atom is 0.322 e. The van der Waals surface area contributed by atoms with E-state index in [9.17, 15) is 13.2 Å². The second-order valence-corrected chi connectivity index (χ2v) is 11.5. The van der Waals surface area contributed by atoms with Crippen LogP contribution in [0.25, 0.3) is 0 Å². The van der Waals surface area contributed by atoms with Crippen LogP contribution in [0, 0.1) is 0 Å². The number of amides is 2. The van der Waals surface area contributed by atoms with E-state index in [1.54, 1.807) is 34.4 Å². The van der Waals surface area contributed by atoms with Gasteiger partial charge in [0.1, 0.15) is 0 Å². The summed E-state index contributed by atoms with van der Waals surface area (Å²) in [6, 6.07) is 9.07. The van der Waals surface area contributed by atoms with Gasteiger partial charge in [0.2, 0.25) is 0 Å². The van der Waals surface area contributed by atoms with Crippen LogP contribution in [-0.2, 0) is 22.8 Å². The molecule has 2 aromatic rings. The molecule has 0 bridgehead atoms. The average Bonchev–Trinajstić information content (AvgIpc) is 3.28. The molecule has 0 spiro atoms. The number of nitrogens with zero attached hydrogens (tertiary/aromatic N) is 2. The normalized spacial score (nSPS) is 18.1. The van der Waals surface area contributed by atoms with Crippen molar-refractivity contribution in [1.29, 1.82) is 0 Å². The molecule has 9 heteroatoms. The molecule has 4 rings (SSSR count). The van der Waals surface area contributed by atoms with Gasteiger partial charge < -0.3 is 5.32 Å². The summed E-state index contributed by atoms with van der Waals surface area (Å²) >= 11 is 7.62. The number of carbonyl (C=O) groups is 1. The quantitative estimate of drug-likeness (QED) is 0.768. The number of fused-ring (bicyclic) bond motifs is 1. The number of carbonyl (C=O) groups excluding carboxylic acids is 1. The minimum Gasteiger partial charge on any atom is -0.335 e. The van der Waals surface area contributed by atoms with Crippen molar-refractivity contribution >= 4 is 44.5 Å². The van der Waals surface area contributed by atoms with Crippen molar-refractivity contribution in [3.8, 4) is 0 Å². The standard InChI is InChI=1S/C20H24ClN3O3S2/c1-29(26,27)17-3-4-18-14(12-17)6-11-24(18)20(25)22-15-7-9-23(10-8-15)13-16-2-5-19(21)28-16/h2-5,12,15H,6-11,13H2,1H3,(H,22,25). The van der Waals surface area contributed by atoms with Crippen molar-refractivity contribution in [2.24, 2.45) is 0 Å². The predicted octanol–water partition coefficient (Wildman–Crippen LogP) is 3.54. The largest absolute Gasteiger partial charge is 0.335 e. The van der Waals surface area contributed by atoms with E-state index in [1.807, 2.05) is 6.07 Å². The van der Waals surface area contributed by atoms with Crippen molar-refractivity contribution in [2.45, 2.75) is 36.7 Å². The van der Waals surface area contributed by atoms with Crippen molar-refractivity contribution in [1.82, 2.24) is 10.2 Å². The minimum atomic E-state index is -3.24. The van der Waals surface area contributed by atoms with E-state index in [2.05, 4.69) is 16.3 Å². The summed E-state index contributed by atoms with van der Waals surface area (Å²) in [5.41, 5.74) is 1.72. The van der Waals surface area contributed by atoms with Crippen molar-refractivity contribution in [2.75, 3.05) is 30.8 Å². The Morgan fingerprint density at radius 2 is 1.97 bits per heavy atom. The number of thiophene rings is 1. The van der Waals surface area contributed by atoms with Crippen LogP contribution in [0.2, 0.25) is 4.34 Å². The van der Waals surface area contributed by atoms with Crippen LogP contribution in [0.15, 0.2) is 35.2 Å². The predicted molar refractivity (Wildman–Crippen MR) is 117 cm³/mol. The first-order valence-corrected chi connectivity index (χ1v) is 12.8. The van der Waals surface area contributed by atoms with Gasteiger partial charge in [0.25, 0.3) is 0 Å². The van der Waals surface area contributed by atoms with E-state index in [0.29, 0.717) is 17.9 Å². The van der Waals surface area contributed by atoms with Gasteiger partial charge in [0, 0.05) is 49.0 Å². The fourth-order valence-electron chi connectivity index (χ4n) is 3.96. The third kappa shape index (κ3) is 4.77. The third-order valence-electron chi connectivity index (χ3n) is 5.54. The minimum absolute atomic E-state index is 0.0978. The van der Waals surface area contributed by atoms with Crippen LogP contribution in [0.3, 0.4) is 0 Å². The lowest BCUT2D eigenvalue weighted by molar-refractivity contribution is 0.189. The first-order valence-electron chi connectivity index (χ1n) is 9.67. The molecule has 156 valence electrons. The summed E-state index contributed by atoms with van der Waals surface area (Å²) < 4.78 is 24.3. The van der Waals surface area contributed by atoms with E-state index in [4.69, 9.17) is 11.6 Å². The number of sulfone groups is 1. The zero-order valence-electron chi connectivity index (χ0n) is 16.2. The Bertz CT molecular complexity index is 1010. The zero-order valence-corrected chi connectivity index (χ0v) is 18.6. The molecular formula is C20H24ClN3O3S2. The first kappa shape index (κ1) is 20.7. The number of rotatable bonds is 4. The second kappa shape index (κ2) is 8.26. The molecule has 2 aliphatic heterocycles. The molecule has 1 fully saturated rings. The number of urea groups is 1. The van der Waals surface area contributed by atoms with Gasteiger partial charge in [-0.25, -0.2) is 13.2 Å². The maximum absolute atomic E-state index is 12.8. The van der Waals surface area contributed by atoms with E-state index in [0.717, 1.165) is 48.1 Å². The van der Waals surface area contributed by atoms with Gasteiger partial charge in [-0.2, -0.15) is 0 Å². The Balaban J connectivity index is 1.32. The fraction of sp³-hybridized carbons (Fsp3) is 0.450. The third-order valence-corrected chi connectivity index (χ3v) is 7.87. The van der Waals surface area contributed by atoms with Crippen molar-refractivity contribution in [3.05, 3.63) is 45.1 Å². The Morgan fingerprint density at radius 1 is 1.21 bits per heavy atom. The van der Waals surface area contributed by atoms with Gasteiger partial charge in [-0.3, -0.25) is 9.80 Å². The summed E-state index contributed by atoms with van der Waals surface area (Å²) in [5, 5.41) is 3.16. The summed E-state index contributed by atoms with van der Waals surface area (Å²) in [4.78, 5) is 18.5. The van der Waals surface area contributed by atoms with Crippen molar-refractivity contribution < 1.29 is 13.2 Å². The number of benzene rings is 1. The number of nitrogens with one attached hydrogen (secondary N) is 1. The molecule has 1 aromatic carbocycles. The Hall–Kier alpha value is -1.61. The first-order chi connectivity index (χ1) is 13.8. The molecule has 3 heterocycles. The molecule has 2 amide bonds. The molecule has 0 saturated carbocycles. The summed E-state index contributed by atoms with van der Waals surface area (Å²) in [7, 11) is -3.24. The lowest BCUT2D eigenvalue weighted by atomic mass is 10.1. The molecule has 0 unspecified atom stereocenters. The van der Waals surface area contributed by atoms with Crippen LogP contribution in [0.1, 0.15) is 23.3 Å². The smallest absolute Gasteiger partial charge is 0.322 e. The van der Waals surface area contributed by atoms with Gasteiger partial charge in [-0.15, -0.1) is 11.3 Å². The molecule has 0 radical (unpaired) electrons. The number of piperidine rings is 1. The fourth-order valence-corrected chi connectivity index (χ4v) is 5.77.